The number of piperazine rings is 1. The van der Waals surface area contributed by atoms with Crippen molar-refractivity contribution in [3.05, 3.63) is 12.2 Å². The molecular formula is C11H16N4O3. The Balaban J connectivity index is 1.93. The second kappa shape index (κ2) is 5.61. The molecule has 1 aromatic rings. The minimum absolute atomic E-state index is 0.0315. The van der Waals surface area contributed by atoms with E-state index in [0.717, 1.165) is 6.42 Å². The monoisotopic (exact) mass is 252 g/mol. The number of hydrogen-bond donors (Lipinski definition) is 1. The summed E-state index contributed by atoms with van der Waals surface area (Å²) in [5.74, 6) is 0.329. The van der Waals surface area contributed by atoms with Crippen molar-refractivity contribution in [3.63, 3.8) is 0 Å². The first kappa shape index (κ1) is 12.5. The molecule has 1 unspecified atom stereocenters. The number of carbonyl (C=O) groups is 2. The van der Waals surface area contributed by atoms with Crippen LogP contribution in [0.25, 0.3) is 0 Å². The third-order valence-corrected chi connectivity index (χ3v) is 2.86. The normalized spacial score (nSPS) is 20.1. The van der Waals surface area contributed by atoms with Gasteiger partial charge in [-0.3, -0.25) is 9.59 Å². The molecule has 0 radical (unpaired) electrons. The van der Waals surface area contributed by atoms with Crippen LogP contribution in [0.15, 0.2) is 10.9 Å². The molecule has 1 atom stereocenters. The maximum Gasteiger partial charge on any atom is 0.245 e. The van der Waals surface area contributed by atoms with Crippen LogP contribution in [0.2, 0.25) is 0 Å². The number of nitrogens with one attached hydrogen (secondary N) is 1. The van der Waals surface area contributed by atoms with E-state index in [1.54, 1.807) is 4.90 Å². The highest BCUT2D eigenvalue weighted by molar-refractivity contribution is 5.94. The van der Waals surface area contributed by atoms with Gasteiger partial charge < -0.3 is 14.7 Å². The molecule has 7 nitrogen and oxygen atoms in total. The van der Waals surface area contributed by atoms with Gasteiger partial charge in [-0.05, 0) is 6.42 Å². The Hall–Kier alpha value is -1.92. The maximum absolute atomic E-state index is 12.1. The molecule has 0 aromatic carbocycles. The summed E-state index contributed by atoms with van der Waals surface area (Å²) in [6.07, 6.45) is 3.31. The fourth-order valence-corrected chi connectivity index (χ4v) is 1.98. The van der Waals surface area contributed by atoms with Crippen molar-refractivity contribution in [3.8, 4) is 0 Å². The summed E-state index contributed by atoms with van der Waals surface area (Å²) in [6, 6.07) is -0.390. The zero-order chi connectivity index (χ0) is 13.0. The number of carbonyl (C=O) groups excluding carboxylic acids is 2. The fraction of sp³-hybridized carbons (Fsp3) is 0.636. The topological polar surface area (TPSA) is 88.3 Å². The number of amides is 2. The Labute approximate surface area is 105 Å². The van der Waals surface area contributed by atoms with E-state index in [0.29, 0.717) is 25.3 Å². The van der Waals surface area contributed by atoms with Gasteiger partial charge >= 0.3 is 0 Å². The van der Waals surface area contributed by atoms with Crippen LogP contribution in [0, 0.1) is 0 Å². The van der Waals surface area contributed by atoms with Gasteiger partial charge in [0.05, 0.1) is 6.54 Å². The molecule has 2 rings (SSSR count). The van der Waals surface area contributed by atoms with E-state index >= 15 is 0 Å². The lowest BCUT2D eigenvalue weighted by Gasteiger charge is -2.32. The molecule has 0 aliphatic carbocycles. The molecular weight excluding hydrogens is 236 g/mol. The largest absolute Gasteiger partial charge is 0.343 e. The minimum Gasteiger partial charge on any atom is -0.343 e. The van der Waals surface area contributed by atoms with Crippen molar-refractivity contribution in [2.45, 2.75) is 32.2 Å². The van der Waals surface area contributed by atoms with Crippen LogP contribution in [-0.2, 0) is 16.0 Å². The van der Waals surface area contributed by atoms with Gasteiger partial charge in [0.15, 0.2) is 6.33 Å². The first-order valence-corrected chi connectivity index (χ1v) is 6.04. The van der Waals surface area contributed by atoms with Crippen LogP contribution >= 0.6 is 0 Å². The van der Waals surface area contributed by atoms with Gasteiger partial charge in [-0.15, -0.1) is 0 Å². The standard InChI is InChI=1S/C11H16N4O3/c1-2-3-8-11(17)15(6-9(16)14-8)5-4-10-12-7-13-18-10/h7-8H,2-6H2,1H3,(H,14,16). The molecule has 2 amide bonds. The van der Waals surface area contributed by atoms with Gasteiger partial charge in [-0.2, -0.15) is 4.98 Å². The van der Waals surface area contributed by atoms with Crippen molar-refractivity contribution in [1.29, 1.82) is 0 Å². The highest BCUT2D eigenvalue weighted by atomic mass is 16.5. The average molecular weight is 252 g/mol. The lowest BCUT2D eigenvalue weighted by atomic mass is 10.1. The summed E-state index contributed by atoms with van der Waals surface area (Å²) in [6.45, 7) is 2.51. The predicted octanol–water partition coefficient (Wildman–Crippen LogP) is -0.261. The van der Waals surface area contributed by atoms with E-state index in [1.807, 2.05) is 6.92 Å². The zero-order valence-electron chi connectivity index (χ0n) is 10.3. The molecule has 1 aromatic heterocycles. The Morgan fingerprint density at radius 3 is 3.06 bits per heavy atom. The smallest absolute Gasteiger partial charge is 0.245 e. The second-order valence-corrected chi connectivity index (χ2v) is 4.25. The Bertz CT molecular complexity index is 418. The molecule has 1 aliphatic heterocycles. The van der Waals surface area contributed by atoms with E-state index in [9.17, 15) is 9.59 Å². The van der Waals surface area contributed by atoms with Crippen molar-refractivity contribution >= 4 is 11.8 Å². The third kappa shape index (κ3) is 2.85. The molecule has 2 heterocycles. The quantitative estimate of drug-likeness (QED) is 0.780. The summed E-state index contributed by atoms with van der Waals surface area (Å²) in [5.41, 5.74) is 0. The number of nitrogens with zero attached hydrogens (tertiary/aromatic N) is 3. The van der Waals surface area contributed by atoms with Crippen LogP contribution in [0.4, 0.5) is 0 Å². The summed E-state index contributed by atoms with van der Waals surface area (Å²) in [5, 5.41) is 6.20. The van der Waals surface area contributed by atoms with Crippen LogP contribution in [0.5, 0.6) is 0 Å². The van der Waals surface area contributed by atoms with Gasteiger partial charge in [0.1, 0.15) is 6.04 Å². The molecule has 18 heavy (non-hydrogen) atoms. The Morgan fingerprint density at radius 1 is 1.56 bits per heavy atom. The van der Waals surface area contributed by atoms with E-state index in [1.165, 1.54) is 6.33 Å². The third-order valence-electron chi connectivity index (χ3n) is 2.86. The van der Waals surface area contributed by atoms with Gasteiger partial charge in [0.25, 0.3) is 0 Å². The van der Waals surface area contributed by atoms with Crippen molar-refractivity contribution in [2.75, 3.05) is 13.1 Å². The molecule has 0 spiro atoms. The SMILES string of the molecule is CCCC1NC(=O)CN(CCc2ncno2)C1=O. The van der Waals surface area contributed by atoms with Crippen LogP contribution < -0.4 is 5.32 Å². The highest BCUT2D eigenvalue weighted by Gasteiger charge is 2.31. The summed E-state index contributed by atoms with van der Waals surface area (Å²) < 4.78 is 4.86. The predicted molar refractivity (Wildman–Crippen MR) is 61.4 cm³/mol. The lowest BCUT2D eigenvalue weighted by molar-refractivity contribution is -0.144. The van der Waals surface area contributed by atoms with Crippen LogP contribution in [-0.4, -0.2) is 46.0 Å². The Morgan fingerprint density at radius 2 is 2.39 bits per heavy atom. The maximum atomic E-state index is 12.1. The fourth-order valence-electron chi connectivity index (χ4n) is 1.98. The minimum atomic E-state index is -0.390. The highest BCUT2D eigenvalue weighted by Crippen LogP contribution is 2.08. The van der Waals surface area contributed by atoms with Crippen LogP contribution in [0.1, 0.15) is 25.7 Å². The van der Waals surface area contributed by atoms with Crippen LogP contribution in [0.3, 0.4) is 0 Å². The van der Waals surface area contributed by atoms with Gasteiger partial charge in [-0.1, -0.05) is 18.5 Å². The van der Waals surface area contributed by atoms with E-state index in [2.05, 4.69) is 15.5 Å². The number of rotatable bonds is 5. The summed E-state index contributed by atoms with van der Waals surface area (Å²) in [4.78, 5) is 29.0. The number of aromatic nitrogens is 2. The average Bonchev–Trinajstić information content (AvgIpc) is 2.85. The zero-order valence-corrected chi connectivity index (χ0v) is 10.3. The Kier molecular flexibility index (Phi) is 3.91. The molecule has 0 saturated carbocycles. The molecule has 98 valence electrons. The first-order valence-electron chi connectivity index (χ1n) is 6.04. The molecule has 1 N–H and O–H groups in total. The number of hydrogen-bond acceptors (Lipinski definition) is 5. The summed E-state index contributed by atoms with van der Waals surface area (Å²) >= 11 is 0. The molecule has 1 saturated heterocycles. The van der Waals surface area contributed by atoms with E-state index in [4.69, 9.17) is 4.52 Å². The van der Waals surface area contributed by atoms with Crippen molar-refractivity contribution in [1.82, 2.24) is 20.4 Å². The van der Waals surface area contributed by atoms with Gasteiger partial charge in [-0.25, -0.2) is 0 Å². The molecule has 1 aliphatic rings. The van der Waals surface area contributed by atoms with Gasteiger partial charge in [0.2, 0.25) is 17.7 Å². The molecule has 1 fully saturated rings. The molecule has 0 bridgehead atoms. The van der Waals surface area contributed by atoms with Crippen molar-refractivity contribution < 1.29 is 14.1 Å². The van der Waals surface area contributed by atoms with E-state index in [-0.39, 0.29) is 24.4 Å². The first-order chi connectivity index (χ1) is 8.70. The van der Waals surface area contributed by atoms with Crippen molar-refractivity contribution in [2.24, 2.45) is 0 Å². The van der Waals surface area contributed by atoms with E-state index < -0.39 is 0 Å². The molecule has 7 heteroatoms. The van der Waals surface area contributed by atoms with Gasteiger partial charge in [0, 0.05) is 13.0 Å². The second-order valence-electron chi connectivity index (χ2n) is 4.25. The lowest BCUT2D eigenvalue weighted by Crippen LogP contribution is -2.58. The summed E-state index contributed by atoms with van der Waals surface area (Å²) in [7, 11) is 0.